The molecule has 0 unspecified atom stereocenters. The van der Waals surface area contributed by atoms with Crippen molar-refractivity contribution >= 4 is 17.5 Å². The number of nitrogens with one attached hydrogen (secondary N) is 1. The second-order valence-electron chi connectivity index (χ2n) is 4.92. The van der Waals surface area contributed by atoms with Crippen molar-refractivity contribution < 1.29 is 9.59 Å². The molecule has 4 nitrogen and oxygen atoms in total. The number of para-hydroxylation sites is 1. The molecule has 4 heteroatoms. The number of urea groups is 1. The summed E-state index contributed by atoms with van der Waals surface area (Å²) in [5.74, 6) is 0.132. The van der Waals surface area contributed by atoms with E-state index in [4.69, 9.17) is 0 Å². The smallest absolute Gasteiger partial charge is 0.322 e. The Morgan fingerprint density at radius 2 is 2.06 bits per heavy atom. The van der Waals surface area contributed by atoms with E-state index in [1.807, 2.05) is 18.2 Å². The first kappa shape index (κ1) is 11.3. The molecule has 0 bridgehead atoms. The van der Waals surface area contributed by atoms with Gasteiger partial charge in [-0.1, -0.05) is 12.1 Å². The molecule has 18 heavy (non-hydrogen) atoms. The first-order valence-electron chi connectivity index (χ1n) is 6.46. The van der Waals surface area contributed by atoms with Crippen LogP contribution in [0, 0.1) is 0 Å². The number of carbonyl (C=O) groups excluding carboxylic acids is 2. The molecule has 1 heterocycles. The van der Waals surface area contributed by atoms with Crippen molar-refractivity contribution in [3.8, 4) is 0 Å². The van der Waals surface area contributed by atoms with Gasteiger partial charge in [0.2, 0.25) is 0 Å². The fraction of sp³-hybridized carbons (Fsp3) is 0.429. The molecule has 0 atom stereocenters. The number of fused-ring (bicyclic) bond motifs is 1. The quantitative estimate of drug-likeness (QED) is 0.824. The predicted octanol–water partition coefficient (Wildman–Crippen LogP) is 2.34. The minimum absolute atomic E-state index is 0.0698. The third-order valence-corrected chi connectivity index (χ3v) is 3.43. The lowest BCUT2D eigenvalue weighted by Crippen LogP contribution is -2.41. The lowest BCUT2D eigenvalue weighted by atomic mass is 10.1. The van der Waals surface area contributed by atoms with Gasteiger partial charge in [0.25, 0.3) is 0 Å². The molecule has 1 aliphatic carbocycles. The Balaban J connectivity index is 1.91. The van der Waals surface area contributed by atoms with E-state index in [-0.39, 0.29) is 11.8 Å². The van der Waals surface area contributed by atoms with Crippen molar-refractivity contribution in [2.75, 3.05) is 11.4 Å². The van der Waals surface area contributed by atoms with Gasteiger partial charge in [-0.25, -0.2) is 4.79 Å². The van der Waals surface area contributed by atoms with Gasteiger partial charge in [-0.05, 0) is 31.4 Å². The monoisotopic (exact) mass is 244 g/mol. The summed E-state index contributed by atoms with van der Waals surface area (Å²) in [5.41, 5.74) is 1.42. The number of benzene rings is 1. The van der Waals surface area contributed by atoms with Gasteiger partial charge in [-0.15, -0.1) is 0 Å². The maximum absolute atomic E-state index is 12.2. The number of Topliss-reactive ketones (excluding diaryl/α,β-unsaturated/α-hetero) is 1. The van der Waals surface area contributed by atoms with Crippen LogP contribution >= 0.6 is 0 Å². The Hall–Kier alpha value is -1.84. The second-order valence-corrected chi connectivity index (χ2v) is 4.92. The van der Waals surface area contributed by atoms with Crippen LogP contribution in [0.1, 0.15) is 36.0 Å². The lowest BCUT2D eigenvalue weighted by molar-refractivity contribution is 0.0983. The second kappa shape index (κ2) is 4.44. The van der Waals surface area contributed by atoms with Crippen molar-refractivity contribution in [1.29, 1.82) is 0 Å². The predicted molar refractivity (Wildman–Crippen MR) is 68.9 cm³/mol. The minimum atomic E-state index is -0.0698. The van der Waals surface area contributed by atoms with E-state index in [1.54, 1.807) is 11.0 Å². The van der Waals surface area contributed by atoms with E-state index in [0.29, 0.717) is 24.6 Å². The number of nitrogens with zero attached hydrogens (tertiary/aromatic N) is 1. The molecule has 0 spiro atoms. The van der Waals surface area contributed by atoms with E-state index in [0.717, 1.165) is 24.9 Å². The molecular formula is C14H16N2O2. The Morgan fingerprint density at radius 1 is 1.28 bits per heavy atom. The Bertz CT molecular complexity index is 494. The van der Waals surface area contributed by atoms with Crippen LogP contribution in [0.5, 0.6) is 0 Å². The molecule has 0 aromatic heterocycles. The lowest BCUT2D eigenvalue weighted by Gasteiger charge is -2.22. The first-order chi connectivity index (χ1) is 8.75. The highest BCUT2D eigenvalue weighted by molar-refractivity contribution is 6.06. The normalized spacial score (nSPS) is 19.1. The molecule has 3 rings (SSSR count). The van der Waals surface area contributed by atoms with Gasteiger partial charge in [-0.2, -0.15) is 0 Å². The number of ketones is 1. The van der Waals surface area contributed by atoms with Crippen molar-refractivity contribution in [2.45, 2.75) is 31.7 Å². The summed E-state index contributed by atoms with van der Waals surface area (Å²) in [6, 6.07) is 7.64. The number of carbonyl (C=O) groups is 2. The van der Waals surface area contributed by atoms with Crippen molar-refractivity contribution in [1.82, 2.24) is 5.32 Å². The summed E-state index contributed by atoms with van der Waals surface area (Å²) in [7, 11) is 0. The summed E-state index contributed by atoms with van der Waals surface area (Å²) in [4.78, 5) is 25.8. The standard InChI is InChI=1S/C14H16N2O2/c17-13-6-3-9-16(14(18)15-10-7-8-10)12-5-2-1-4-11(12)13/h1-2,4-5,10H,3,6-9H2,(H,15,18). The molecule has 1 aliphatic heterocycles. The topological polar surface area (TPSA) is 49.4 Å². The zero-order chi connectivity index (χ0) is 12.5. The Labute approximate surface area is 106 Å². The Morgan fingerprint density at radius 3 is 2.83 bits per heavy atom. The average molecular weight is 244 g/mol. The summed E-state index contributed by atoms with van der Waals surface area (Å²) < 4.78 is 0. The SMILES string of the molecule is O=C1CCCN(C(=O)NC2CC2)c2ccccc21. The summed E-state index contributed by atoms with van der Waals surface area (Å²) in [6.45, 7) is 0.612. The van der Waals surface area contributed by atoms with Gasteiger partial charge < -0.3 is 5.32 Å². The maximum atomic E-state index is 12.2. The van der Waals surface area contributed by atoms with Crippen molar-refractivity contribution in [3.63, 3.8) is 0 Å². The van der Waals surface area contributed by atoms with Gasteiger partial charge in [0.1, 0.15) is 0 Å². The average Bonchev–Trinajstić information content (AvgIpc) is 3.18. The fourth-order valence-electron chi connectivity index (χ4n) is 2.29. The molecule has 1 N–H and O–H groups in total. The van der Waals surface area contributed by atoms with Crippen LogP contribution in [-0.2, 0) is 0 Å². The molecule has 0 radical (unpaired) electrons. The van der Waals surface area contributed by atoms with Crippen LogP contribution in [0.3, 0.4) is 0 Å². The molecular weight excluding hydrogens is 228 g/mol. The van der Waals surface area contributed by atoms with E-state index in [1.165, 1.54) is 0 Å². The van der Waals surface area contributed by atoms with Crippen LogP contribution in [-0.4, -0.2) is 24.4 Å². The van der Waals surface area contributed by atoms with Gasteiger partial charge in [0.15, 0.2) is 5.78 Å². The summed E-state index contributed by atoms with van der Waals surface area (Å²) >= 11 is 0. The molecule has 1 aromatic carbocycles. The molecule has 2 amide bonds. The highest BCUT2D eigenvalue weighted by Gasteiger charge is 2.29. The summed E-state index contributed by atoms with van der Waals surface area (Å²) in [6.07, 6.45) is 3.39. The largest absolute Gasteiger partial charge is 0.335 e. The van der Waals surface area contributed by atoms with Crippen LogP contribution in [0.4, 0.5) is 10.5 Å². The third kappa shape index (κ3) is 2.10. The molecule has 1 aromatic rings. The number of rotatable bonds is 1. The van der Waals surface area contributed by atoms with Gasteiger partial charge >= 0.3 is 6.03 Å². The van der Waals surface area contributed by atoms with Gasteiger partial charge in [-0.3, -0.25) is 9.69 Å². The first-order valence-corrected chi connectivity index (χ1v) is 6.46. The molecule has 0 saturated heterocycles. The highest BCUT2D eigenvalue weighted by atomic mass is 16.2. The highest BCUT2D eigenvalue weighted by Crippen LogP contribution is 2.27. The number of hydrogen-bond donors (Lipinski definition) is 1. The van der Waals surface area contributed by atoms with Crippen LogP contribution in [0.2, 0.25) is 0 Å². The van der Waals surface area contributed by atoms with E-state index >= 15 is 0 Å². The van der Waals surface area contributed by atoms with Crippen LogP contribution < -0.4 is 10.2 Å². The van der Waals surface area contributed by atoms with Crippen LogP contribution in [0.15, 0.2) is 24.3 Å². The van der Waals surface area contributed by atoms with E-state index in [9.17, 15) is 9.59 Å². The Kier molecular flexibility index (Phi) is 2.78. The van der Waals surface area contributed by atoms with E-state index in [2.05, 4.69) is 5.32 Å². The molecule has 1 fully saturated rings. The summed E-state index contributed by atoms with van der Waals surface area (Å²) in [5, 5.41) is 2.98. The van der Waals surface area contributed by atoms with E-state index < -0.39 is 0 Å². The maximum Gasteiger partial charge on any atom is 0.322 e. The van der Waals surface area contributed by atoms with Crippen LogP contribution in [0.25, 0.3) is 0 Å². The third-order valence-electron chi connectivity index (χ3n) is 3.43. The molecule has 2 aliphatic rings. The fourth-order valence-corrected chi connectivity index (χ4v) is 2.29. The van der Waals surface area contributed by atoms with Gasteiger partial charge in [0.05, 0.1) is 5.69 Å². The minimum Gasteiger partial charge on any atom is -0.335 e. The number of anilines is 1. The number of hydrogen-bond acceptors (Lipinski definition) is 2. The molecule has 1 saturated carbocycles. The van der Waals surface area contributed by atoms with Crippen molar-refractivity contribution in [3.05, 3.63) is 29.8 Å². The zero-order valence-corrected chi connectivity index (χ0v) is 10.2. The molecule has 94 valence electrons. The number of amides is 2. The van der Waals surface area contributed by atoms with Gasteiger partial charge in [0, 0.05) is 24.6 Å². The zero-order valence-electron chi connectivity index (χ0n) is 10.2. The van der Waals surface area contributed by atoms with Crippen molar-refractivity contribution in [2.24, 2.45) is 0 Å².